The molecule has 2 heterocycles. The molecule has 24 nitrogen and oxygen atoms in total. The van der Waals surface area contributed by atoms with Crippen LogP contribution in [0.5, 0.6) is 0 Å². The van der Waals surface area contributed by atoms with Gasteiger partial charge >= 0.3 is 29.2 Å². The minimum atomic E-state index is -5.78. The lowest BCUT2D eigenvalue weighted by atomic mass is 10.2. The van der Waals surface area contributed by atoms with Crippen LogP contribution in [0.1, 0.15) is 57.2 Å². The summed E-state index contributed by atoms with van der Waals surface area (Å²) in [5.41, 5.74) is 10.7. The first kappa shape index (κ1) is 50.2. The van der Waals surface area contributed by atoms with Crippen LogP contribution in [-0.4, -0.2) is 112 Å². The standard InChI is InChI=1S/C26H46N7O17P3S3/c1-2-3-4-5-7-29-24(37)17(31-25(38)22(36)16(27)13-54)14-56-55-8-6-20(35)30-10-15-11-33(26(39)32-23(15)28)21-9-18(34)19(48-21)12-47-52(43,44)50-53(45,46)49-51(40,41)42/h11,16-19,21,34,54H,2-10,12-14,27H2,1H3,(H,29,37)(H,30,35)(H,31,38)(H,43,44)(H,45,46)(H2,28,32,39)(H2,40,41,42)/t16-,17?,18?,19?,21?/m0/s1. The Kier molecular flexibility index (Phi) is 21.2. The molecule has 1 aliphatic rings. The van der Waals surface area contributed by atoms with Crippen LogP contribution in [0.25, 0.3) is 0 Å². The van der Waals surface area contributed by atoms with Gasteiger partial charge in [-0.25, -0.2) is 18.5 Å². The predicted molar refractivity (Wildman–Crippen MR) is 205 cm³/mol. The number of phosphoric acid groups is 3. The highest BCUT2D eigenvalue weighted by Gasteiger charge is 2.43. The van der Waals surface area contributed by atoms with E-state index in [1.165, 1.54) is 27.8 Å². The van der Waals surface area contributed by atoms with Crippen molar-refractivity contribution in [3.05, 3.63) is 22.2 Å². The van der Waals surface area contributed by atoms with Crippen LogP contribution in [0.3, 0.4) is 0 Å². The molecule has 12 N–H and O–H groups in total. The lowest BCUT2D eigenvalue weighted by Gasteiger charge is -2.19. The number of carbonyl (C=O) groups excluding carboxylic acids is 4. The molecule has 1 saturated heterocycles. The Morgan fingerprint density at radius 3 is 2.43 bits per heavy atom. The SMILES string of the molecule is CCCCCCNC(=O)C(CSSCCC(=O)NCc1cn(C2CC(O)C(COP(=O)(O)OP(=O)(O)OP(=O)(O)O)O2)c(=O)nc1N)NC(=O)C(=O)[C@@H](N)CS. The molecular formula is C26H46N7O17P3S3. The van der Waals surface area contributed by atoms with E-state index < -0.39 is 89.8 Å². The first-order chi connectivity index (χ1) is 26.1. The number of nitrogens with two attached hydrogens (primary N) is 2. The van der Waals surface area contributed by atoms with Gasteiger partial charge in [-0.2, -0.15) is 26.2 Å². The fourth-order valence-corrected chi connectivity index (χ4v) is 9.86. The average molecular weight is 918 g/mol. The van der Waals surface area contributed by atoms with Crippen molar-refractivity contribution in [2.75, 3.05) is 36.1 Å². The van der Waals surface area contributed by atoms with Crippen LogP contribution >= 0.6 is 57.7 Å². The summed E-state index contributed by atoms with van der Waals surface area (Å²) in [4.78, 5) is 102. The van der Waals surface area contributed by atoms with Gasteiger partial charge in [0.1, 0.15) is 24.2 Å². The number of phosphoric ester groups is 1. The topological polar surface area (TPSA) is 381 Å². The summed E-state index contributed by atoms with van der Waals surface area (Å²) in [6.07, 6.45) is 0.484. The van der Waals surface area contributed by atoms with Gasteiger partial charge in [0, 0.05) is 55.0 Å². The van der Waals surface area contributed by atoms with Crippen molar-refractivity contribution in [2.24, 2.45) is 5.73 Å². The van der Waals surface area contributed by atoms with E-state index in [4.69, 9.17) is 26.0 Å². The number of amides is 3. The number of anilines is 1. The largest absolute Gasteiger partial charge is 0.490 e. The molecule has 3 amide bonds. The van der Waals surface area contributed by atoms with E-state index >= 15 is 0 Å². The summed E-state index contributed by atoms with van der Waals surface area (Å²) >= 11 is 3.92. The fourth-order valence-electron chi connectivity index (χ4n) is 4.51. The van der Waals surface area contributed by atoms with Gasteiger partial charge in [0.25, 0.3) is 5.91 Å². The molecule has 2 rings (SSSR count). The summed E-state index contributed by atoms with van der Waals surface area (Å²) in [5.74, 6) is -2.78. The third kappa shape index (κ3) is 18.4. The number of unbranched alkanes of at least 4 members (excludes halogenated alkanes) is 3. The molecule has 30 heteroatoms. The minimum Gasteiger partial charge on any atom is -0.390 e. The van der Waals surface area contributed by atoms with E-state index in [-0.39, 0.29) is 48.0 Å². The van der Waals surface area contributed by atoms with Crippen molar-refractivity contribution < 1.29 is 75.4 Å². The number of carbonyl (C=O) groups is 4. The number of rotatable bonds is 26. The van der Waals surface area contributed by atoms with Gasteiger partial charge in [0.15, 0.2) is 0 Å². The Morgan fingerprint density at radius 2 is 1.79 bits per heavy atom. The maximum absolute atomic E-state index is 12.8. The number of ether oxygens (including phenoxy) is 1. The Hall–Kier alpha value is -1.90. The summed E-state index contributed by atoms with van der Waals surface area (Å²) in [6.45, 7) is 1.28. The molecule has 7 atom stereocenters. The second-order valence-corrected chi connectivity index (χ2v) is 19.2. The number of aliphatic hydroxyl groups is 1. The normalized spacial score (nSPS) is 20.3. The van der Waals surface area contributed by atoms with Gasteiger partial charge < -0.3 is 56.8 Å². The van der Waals surface area contributed by atoms with Gasteiger partial charge in [-0.1, -0.05) is 47.8 Å². The number of nitrogens with zero attached hydrogens (tertiary/aromatic N) is 2. The molecule has 1 fully saturated rings. The molecule has 0 bridgehead atoms. The molecule has 0 spiro atoms. The monoisotopic (exact) mass is 917 g/mol. The number of hydrogen-bond acceptors (Lipinski definition) is 19. The predicted octanol–water partition coefficient (Wildman–Crippen LogP) is -0.788. The zero-order chi connectivity index (χ0) is 42.3. The van der Waals surface area contributed by atoms with Crippen molar-refractivity contribution in [1.29, 1.82) is 0 Å². The van der Waals surface area contributed by atoms with E-state index in [9.17, 15) is 52.6 Å². The molecule has 56 heavy (non-hydrogen) atoms. The van der Waals surface area contributed by atoms with Crippen LogP contribution < -0.4 is 33.1 Å². The van der Waals surface area contributed by atoms with Crippen molar-refractivity contribution in [1.82, 2.24) is 25.5 Å². The molecule has 1 aromatic heterocycles. The zero-order valence-corrected chi connectivity index (χ0v) is 34.9. The van der Waals surface area contributed by atoms with E-state index in [0.717, 1.165) is 30.3 Å². The Labute approximate surface area is 333 Å². The van der Waals surface area contributed by atoms with Crippen LogP contribution in [-0.2, 0) is 57.3 Å². The Bertz CT molecular complexity index is 1720. The van der Waals surface area contributed by atoms with E-state index in [1.54, 1.807) is 0 Å². The molecule has 320 valence electrons. The summed E-state index contributed by atoms with van der Waals surface area (Å²) in [6, 6.07) is -2.18. The number of ketones is 1. The minimum absolute atomic E-state index is 0.00418. The van der Waals surface area contributed by atoms with Gasteiger partial charge in [-0.15, -0.1) is 0 Å². The molecule has 1 aromatic rings. The zero-order valence-electron chi connectivity index (χ0n) is 29.7. The van der Waals surface area contributed by atoms with Crippen LogP contribution in [0, 0.1) is 0 Å². The maximum atomic E-state index is 12.8. The first-order valence-corrected chi connectivity index (χ1v) is 24.2. The molecule has 6 unspecified atom stereocenters. The van der Waals surface area contributed by atoms with E-state index in [1.807, 2.05) is 0 Å². The summed E-state index contributed by atoms with van der Waals surface area (Å²) in [5, 5.41) is 18.2. The second-order valence-electron chi connectivity index (χ2n) is 11.8. The first-order valence-electron chi connectivity index (χ1n) is 16.6. The van der Waals surface area contributed by atoms with Crippen molar-refractivity contribution >= 4 is 87.0 Å². The van der Waals surface area contributed by atoms with Gasteiger partial charge in [0.2, 0.25) is 17.6 Å². The lowest BCUT2D eigenvalue weighted by Crippen LogP contribution is -2.53. The summed E-state index contributed by atoms with van der Waals surface area (Å²) < 4.78 is 52.5. The van der Waals surface area contributed by atoms with Crippen molar-refractivity contribution in [2.45, 2.75) is 82.5 Å². The molecule has 1 aliphatic heterocycles. The molecular weight excluding hydrogens is 871 g/mol. The number of thiol groups is 1. The van der Waals surface area contributed by atoms with Gasteiger partial charge in [0.05, 0.1) is 18.8 Å². The van der Waals surface area contributed by atoms with Gasteiger partial charge in [-0.3, -0.25) is 28.3 Å². The smallest absolute Gasteiger partial charge is 0.390 e. The lowest BCUT2D eigenvalue weighted by molar-refractivity contribution is -0.139. The number of aromatic nitrogens is 2. The third-order valence-electron chi connectivity index (χ3n) is 7.31. The van der Waals surface area contributed by atoms with Gasteiger partial charge in [-0.05, 0) is 6.42 Å². The van der Waals surface area contributed by atoms with Crippen LogP contribution in [0.15, 0.2) is 11.0 Å². The van der Waals surface area contributed by atoms with E-state index in [2.05, 4.69) is 53.6 Å². The maximum Gasteiger partial charge on any atom is 0.490 e. The Morgan fingerprint density at radius 1 is 1.09 bits per heavy atom. The van der Waals surface area contributed by atoms with Crippen LogP contribution in [0.4, 0.5) is 5.82 Å². The second kappa shape index (κ2) is 23.6. The number of hydrogen-bond donors (Lipinski definition) is 11. The molecule has 0 radical (unpaired) electrons. The molecule has 0 aliphatic carbocycles. The van der Waals surface area contributed by atoms with Crippen LogP contribution in [0.2, 0.25) is 0 Å². The van der Waals surface area contributed by atoms with Crippen molar-refractivity contribution in [3.63, 3.8) is 0 Å². The highest BCUT2D eigenvalue weighted by Crippen LogP contribution is 2.66. The summed E-state index contributed by atoms with van der Waals surface area (Å²) in [7, 11) is -14.5. The van der Waals surface area contributed by atoms with E-state index in [0.29, 0.717) is 6.54 Å². The van der Waals surface area contributed by atoms with Crippen molar-refractivity contribution in [3.8, 4) is 0 Å². The highest BCUT2D eigenvalue weighted by molar-refractivity contribution is 8.76. The quantitative estimate of drug-likeness (QED) is 0.0178. The Balaban J connectivity index is 1.91. The highest BCUT2D eigenvalue weighted by atomic mass is 33.1. The number of aliphatic hydroxyl groups excluding tert-OH is 1. The average Bonchev–Trinajstić information content (AvgIpc) is 3.46. The molecule has 0 saturated carbocycles. The third-order valence-corrected chi connectivity index (χ3v) is 13.9. The fraction of sp³-hybridized carbons (Fsp3) is 0.692. The molecule has 0 aromatic carbocycles. The number of nitrogen functional groups attached to an aromatic ring is 1. The number of nitrogens with one attached hydrogen (secondary N) is 3. The number of Topliss-reactive ketones (excluding diaryl/α,β-unsaturated/α-hetero) is 1.